The molecule has 0 bridgehead atoms. The topological polar surface area (TPSA) is 98.8 Å². The Morgan fingerprint density at radius 1 is 1.04 bits per heavy atom. The fourth-order valence-corrected chi connectivity index (χ4v) is 3.14. The summed E-state index contributed by atoms with van der Waals surface area (Å²) in [6.07, 6.45) is 1.16. The van der Waals surface area contributed by atoms with E-state index in [-0.39, 0.29) is 16.7 Å². The number of hydrogen-bond acceptors (Lipinski definition) is 6. The van der Waals surface area contributed by atoms with Crippen LogP contribution in [0.1, 0.15) is 29.8 Å². The maximum Gasteiger partial charge on any atom is 0.338 e. The first-order valence-corrected chi connectivity index (χ1v) is 10.5. The Hall–Kier alpha value is -2.71. The van der Waals surface area contributed by atoms with E-state index in [2.05, 4.69) is 5.32 Å². The average Bonchev–Trinajstić information content (AvgIpc) is 2.64. The second kappa shape index (κ2) is 9.48. The number of esters is 1. The molecule has 2 aromatic carbocycles. The molecule has 0 saturated carbocycles. The maximum absolute atomic E-state index is 12.1. The van der Waals surface area contributed by atoms with Crippen LogP contribution in [0, 0.1) is 0 Å². The van der Waals surface area contributed by atoms with Gasteiger partial charge in [0.25, 0.3) is 5.91 Å². The number of ether oxygens (including phenoxy) is 2. The number of para-hydroxylation sites is 1. The molecule has 0 saturated heterocycles. The van der Waals surface area contributed by atoms with Crippen molar-refractivity contribution in [2.75, 3.05) is 18.2 Å². The number of hydrogen-bond donors (Lipinski definition) is 1. The van der Waals surface area contributed by atoms with Crippen LogP contribution in [0.25, 0.3) is 0 Å². The van der Waals surface area contributed by atoms with Crippen molar-refractivity contribution in [2.45, 2.75) is 31.5 Å². The van der Waals surface area contributed by atoms with E-state index in [0.717, 1.165) is 11.8 Å². The fraction of sp³-hybridized carbons (Fsp3) is 0.300. The maximum atomic E-state index is 12.1. The molecule has 0 atom stereocenters. The second-order valence-corrected chi connectivity index (χ2v) is 8.43. The van der Waals surface area contributed by atoms with Crippen LogP contribution in [0.5, 0.6) is 0 Å². The molecule has 1 amide bonds. The third-order valence-corrected chi connectivity index (χ3v) is 4.82. The lowest BCUT2D eigenvalue weighted by Crippen LogP contribution is -2.22. The summed E-state index contributed by atoms with van der Waals surface area (Å²) in [5, 5.41) is 2.45. The van der Waals surface area contributed by atoms with E-state index in [0.29, 0.717) is 12.2 Å². The third kappa shape index (κ3) is 6.47. The third-order valence-electron chi connectivity index (χ3n) is 3.67. The lowest BCUT2D eigenvalue weighted by atomic mass is 10.1. The van der Waals surface area contributed by atoms with Crippen LogP contribution in [-0.2, 0) is 30.7 Å². The normalized spacial score (nSPS) is 11.3. The summed E-state index contributed by atoms with van der Waals surface area (Å²) >= 11 is 0. The molecule has 0 unspecified atom stereocenters. The molecule has 0 aliphatic heterocycles. The van der Waals surface area contributed by atoms with Gasteiger partial charge in [0.15, 0.2) is 16.4 Å². The van der Waals surface area contributed by atoms with E-state index in [9.17, 15) is 18.0 Å². The highest BCUT2D eigenvalue weighted by molar-refractivity contribution is 7.90. The van der Waals surface area contributed by atoms with Crippen LogP contribution < -0.4 is 5.32 Å². The van der Waals surface area contributed by atoms with Crippen LogP contribution in [0.2, 0.25) is 0 Å². The molecule has 2 aromatic rings. The number of carbonyl (C=O) groups is 2. The van der Waals surface area contributed by atoms with Gasteiger partial charge in [-0.3, -0.25) is 4.79 Å². The minimum absolute atomic E-state index is 0.00566. The summed E-state index contributed by atoms with van der Waals surface area (Å²) in [5.41, 5.74) is 1.36. The number of nitrogens with one attached hydrogen (secondary N) is 1. The summed E-state index contributed by atoms with van der Waals surface area (Å²) in [6, 6.07) is 12.7. The Morgan fingerprint density at radius 3 is 2.29 bits per heavy atom. The van der Waals surface area contributed by atoms with E-state index in [1.807, 2.05) is 13.8 Å². The van der Waals surface area contributed by atoms with E-state index in [1.165, 1.54) is 12.1 Å². The highest BCUT2D eigenvalue weighted by Crippen LogP contribution is 2.20. The van der Waals surface area contributed by atoms with Crippen molar-refractivity contribution in [1.82, 2.24) is 0 Å². The Bertz CT molecular complexity index is 935. The first kappa shape index (κ1) is 21.6. The Balaban J connectivity index is 1.92. The summed E-state index contributed by atoms with van der Waals surface area (Å²) < 4.78 is 34.0. The lowest BCUT2D eigenvalue weighted by molar-refractivity contribution is -0.119. The molecule has 8 heteroatoms. The van der Waals surface area contributed by atoms with E-state index in [1.54, 1.807) is 36.4 Å². The predicted octanol–water partition coefficient (Wildman–Crippen LogP) is 2.81. The number of sulfone groups is 1. The molecule has 0 aromatic heterocycles. The molecule has 28 heavy (non-hydrogen) atoms. The second-order valence-electron chi connectivity index (χ2n) is 6.45. The molecule has 0 aliphatic rings. The molecule has 150 valence electrons. The molecular weight excluding hydrogens is 382 g/mol. The predicted molar refractivity (Wildman–Crippen MR) is 105 cm³/mol. The number of carbonyl (C=O) groups excluding carboxylic acids is 2. The van der Waals surface area contributed by atoms with Gasteiger partial charge in [0.05, 0.1) is 28.9 Å². The quantitative estimate of drug-likeness (QED) is 0.678. The Labute approximate surface area is 164 Å². The standard InChI is InChI=1S/C20H23NO6S/c1-14(2)26-12-15-8-10-16(11-9-15)20(23)27-13-19(22)21-17-6-4-5-7-18(17)28(3,24)25/h4-11,14H,12-13H2,1-3H3,(H,21,22). The van der Waals surface area contributed by atoms with Crippen molar-refractivity contribution in [1.29, 1.82) is 0 Å². The summed E-state index contributed by atoms with van der Waals surface area (Å²) in [7, 11) is -3.50. The molecule has 0 spiro atoms. The van der Waals surface area contributed by atoms with Gasteiger partial charge in [-0.05, 0) is 43.7 Å². The molecule has 1 N–H and O–H groups in total. The largest absolute Gasteiger partial charge is 0.452 e. The SMILES string of the molecule is CC(C)OCc1ccc(C(=O)OCC(=O)Nc2ccccc2S(C)(=O)=O)cc1. The number of amides is 1. The monoisotopic (exact) mass is 405 g/mol. The van der Waals surface area contributed by atoms with Gasteiger partial charge < -0.3 is 14.8 Å². The molecule has 2 rings (SSSR count). The average molecular weight is 405 g/mol. The van der Waals surface area contributed by atoms with Gasteiger partial charge in [0.2, 0.25) is 0 Å². The zero-order valence-electron chi connectivity index (χ0n) is 16.0. The highest BCUT2D eigenvalue weighted by atomic mass is 32.2. The van der Waals surface area contributed by atoms with E-state index >= 15 is 0 Å². The molecule has 0 fully saturated rings. The number of benzene rings is 2. The minimum Gasteiger partial charge on any atom is -0.452 e. The molecule has 7 nitrogen and oxygen atoms in total. The summed E-state index contributed by atoms with van der Waals surface area (Å²) in [5.74, 6) is -1.28. The Morgan fingerprint density at radius 2 is 1.68 bits per heavy atom. The van der Waals surface area contributed by atoms with Gasteiger partial charge in [-0.15, -0.1) is 0 Å². The van der Waals surface area contributed by atoms with Crippen molar-refractivity contribution in [3.63, 3.8) is 0 Å². The van der Waals surface area contributed by atoms with Crippen molar-refractivity contribution in [3.8, 4) is 0 Å². The zero-order valence-corrected chi connectivity index (χ0v) is 16.8. The zero-order chi connectivity index (χ0) is 20.7. The van der Waals surface area contributed by atoms with Gasteiger partial charge in [0, 0.05) is 6.26 Å². The van der Waals surface area contributed by atoms with Crippen molar-refractivity contribution < 1.29 is 27.5 Å². The van der Waals surface area contributed by atoms with Gasteiger partial charge >= 0.3 is 5.97 Å². The van der Waals surface area contributed by atoms with Crippen molar-refractivity contribution in [3.05, 3.63) is 59.7 Å². The molecule has 0 radical (unpaired) electrons. The highest BCUT2D eigenvalue weighted by Gasteiger charge is 2.16. The first-order valence-electron chi connectivity index (χ1n) is 8.63. The molecule has 0 aliphatic carbocycles. The Kier molecular flexibility index (Phi) is 7.31. The van der Waals surface area contributed by atoms with Crippen molar-refractivity contribution >= 4 is 27.4 Å². The fourth-order valence-electron chi connectivity index (χ4n) is 2.29. The van der Waals surface area contributed by atoms with E-state index in [4.69, 9.17) is 9.47 Å². The van der Waals surface area contributed by atoms with Crippen molar-refractivity contribution in [2.24, 2.45) is 0 Å². The minimum atomic E-state index is -3.50. The summed E-state index contributed by atoms with van der Waals surface area (Å²) in [6.45, 7) is 3.78. The van der Waals surface area contributed by atoms with Gasteiger partial charge in [-0.2, -0.15) is 0 Å². The van der Waals surface area contributed by atoms with Crippen LogP contribution in [0.15, 0.2) is 53.4 Å². The van der Waals surface area contributed by atoms with Crippen LogP contribution >= 0.6 is 0 Å². The molecule has 0 heterocycles. The lowest BCUT2D eigenvalue weighted by Gasteiger charge is -2.10. The van der Waals surface area contributed by atoms with Crippen LogP contribution in [0.4, 0.5) is 5.69 Å². The van der Waals surface area contributed by atoms with Gasteiger partial charge in [0.1, 0.15) is 0 Å². The van der Waals surface area contributed by atoms with Crippen LogP contribution in [-0.4, -0.2) is 39.3 Å². The van der Waals surface area contributed by atoms with Crippen LogP contribution in [0.3, 0.4) is 0 Å². The van der Waals surface area contributed by atoms with E-state index < -0.39 is 28.3 Å². The first-order chi connectivity index (χ1) is 13.2. The molecular formula is C20H23NO6S. The number of anilines is 1. The van der Waals surface area contributed by atoms with Gasteiger partial charge in [-0.25, -0.2) is 13.2 Å². The summed E-state index contributed by atoms with van der Waals surface area (Å²) in [4.78, 5) is 24.1. The number of rotatable bonds is 8. The smallest absolute Gasteiger partial charge is 0.338 e. The van der Waals surface area contributed by atoms with Gasteiger partial charge in [-0.1, -0.05) is 24.3 Å².